The Balaban J connectivity index is 2.43. The second-order valence-electron chi connectivity index (χ2n) is 4.92. The van der Waals surface area contributed by atoms with E-state index in [-0.39, 0.29) is 37.4 Å². The van der Waals surface area contributed by atoms with Gasteiger partial charge < -0.3 is 15.2 Å². The van der Waals surface area contributed by atoms with Gasteiger partial charge in [-0.2, -0.15) is 0 Å². The van der Waals surface area contributed by atoms with E-state index in [0.717, 1.165) is 0 Å². The second kappa shape index (κ2) is 8.00. The van der Waals surface area contributed by atoms with Gasteiger partial charge >= 0.3 is 6.36 Å². The van der Waals surface area contributed by atoms with Gasteiger partial charge in [0.2, 0.25) is 5.91 Å². The summed E-state index contributed by atoms with van der Waals surface area (Å²) in [5.74, 6) is -0.544. The average molecular weight is 320 g/mol. The molecule has 0 fully saturated rings. The van der Waals surface area contributed by atoms with Crippen molar-refractivity contribution in [1.82, 2.24) is 10.2 Å². The van der Waals surface area contributed by atoms with E-state index in [4.69, 9.17) is 5.11 Å². The quantitative estimate of drug-likeness (QED) is 0.799. The number of carbonyl (C=O) groups excluding carboxylic acids is 1. The third-order valence-corrected chi connectivity index (χ3v) is 3.06. The molecule has 1 aromatic carbocycles. The summed E-state index contributed by atoms with van der Waals surface area (Å²) in [5.41, 5.74) is 0.653. The molecule has 5 nitrogen and oxygen atoms in total. The Morgan fingerprint density at radius 1 is 1.36 bits per heavy atom. The first-order chi connectivity index (χ1) is 10.2. The van der Waals surface area contributed by atoms with E-state index in [1.807, 2.05) is 0 Å². The molecule has 1 unspecified atom stereocenters. The number of hydrogen-bond donors (Lipinski definition) is 2. The van der Waals surface area contributed by atoms with E-state index in [2.05, 4.69) is 10.1 Å². The fourth-order valence-electron chi connectivity index (χ4n) is 1.59. The Morgan fingerprint density at radius 2 is 1.95 bits per heavy atom. The Labute approximate surface area is 126 Å². The van der Waals surface area contributed by atoms with Crippen LogP contribution in [0.15, 0.2) is 24.3 Å². The maximum absolute atomic E-state index is 12.0. The van der Waals surface area contributed by atoms with Crippen molar-refractivity contribution in [3.05, 3.63) is 29.8 Å². The maximum Gasteiger partial charge on any atom is 0.573 e. The predicted octanol–water partition coefficient (Wildman–Crippen LogP) is 1.51. The minimum atomic E-state index is -4.72. The van der Waals surface area contributed by atoms with Crippen LogP contribution in [0.3, 0.4) is 0 Å². The van der Waals surface area contributed by atoms with Gasteiger partial charge in [0.1, 0.15) is 5.75 Å². The zero-order valence-corrected chi connectivity index (χ0v) is 12.4. The maximum atomic E-state index is 12.0. The van der Waals surface area contributed by atoms with Crippen LogP contribution in [0, 0.1) is 0 Å². The van der Waals surface area contributed by atoms with Gasteiger partial charge in [0, 0.05) is 12.6 Å². The van der Waals surface area contributed by atoms with Crippen LogP contribution in [0.25, 0.3) is 0 Å². The molecule has 0 saturated carbocycles. The number of nitrogens with zero attached hydrogens (tertiary/aromatic N) is 1. The normalized spacial score (nSPS) is 13.0. The summed E-state index contributed by atoms with van der Waals surface area (Å²) >= 11 is 0. The minimum Gasteiger partial charge on any atom is -0.406 e. The molecular formula is C14H19F3N2O3. The Hall–Kier alpha value is -1.80. The van der Waals surface area contributed by atoms with Gasteiger partial charge in [0.05, 0.1) is 13.2 Å². The van der Waals surface area contributed by atoms with E-state index >= 15 is 0 Å². The molecule has 0 saturated heterocycles. The van der Waals surface area contributed by atoms with Crippen molar-refractivity contribution in [3.8, 4) is 5.75 Å². The average Bonchev–Trinajstić information content (AvgIpc) is 2.44. The predicted molar refractivity (Wildman–Crippen MR) is 74.1 cm³/mol. The molecule has 1 rings (SSSR count). The molecule has 2 N–H and O–H groups in total. The summed E-state index contributed by atoms with van der Waals surface area (Å²) < 4.78 is 39.8. The highest BCUT2D eigenvalue weighted by atomic mass is 19.4. The lowest BCUT2D eigenvalue weighted by Gasteiger charge is -2.21. The first-order valence-corrected chi connectivity index (χ1v) is 6.63. The molecule has 0 aliphatic heterocycles. The minimum absolute atomic E-state index is 0.0511. The van der Waals surface area contributed by atoms with Crippen LogP contribution in [0.2, 0.25) is 0 Å². The lowest BCUT2D eigenvalue weighted by atomic mass is 10.2. The zero-order valence-electron chi connectivity index (χ0n) is 12.4. The summed E-state index contributed by atoms with van der Waals surface area (Å²) in [6.45, 7) is 2.06. The lowest BCUT2D eigenvalue weighted by molar-refractivity contribution is -0.274. The van der Waals surface area contributed by atoms with Crippen LogP contribution in [0.5, 0.6) is 5.75 Å². The molecule has 124 valence electrons. The standard InChI is InChI=1S/C14H19F3N2O3/c1-10(9-20)19(2)8-13(21)18-7-11-3-5-12(6-4-11)22-14(15,16)17/h3-6,10,20H,7-9H2,1-2H3,(H,18,21). The van der Waals surface area contributed by atoms with Crippen LogP contribution in [-0.4, -0.2) is 48.5 Å². The van der Waals surface area contributed by atoms with Gasteiger partial charge in [-0.25, -0.2) is 0 Å². The van der Waals surface area contributed by atoms with Crippen LogP contribution in [-0.2, 0) is 11.3 Å². The molecule has 1 atom stereocenters. The number of aliphatic hydroxyl groups is 1. The first-order valence-electron chi connectivity index (χ1n) is 6.63. The van der Waals surface area contributed by atoms with Crippen molar-refractivity contribution < 1.29 is 27.8 Å². The first kappa shape index (κ1) is 18.2. The van der Waals surface area contributed by atoms with Gasteiger partial charge in [-0.3, -0.25) is 9.69 Å². The second-order valence-corrected chi connectivity index (χ2v) is 4.92. The van der Waals surface area contributed by atoms with Crippen molar-refractivity contribution in [1.29, 1.82) is 0 Å². The molecule has 0 aliphatic rings. The van der Waals surface area contributed by atoms with Crippen molar-refractivity contribution in [2.45, 2.75) is 25.9 Å². The third kappa shape index (κ3) is 6.77. The molecule has 8 heteroatoms. The van der Waals surface area contributed by atoms with Gasteiger partial charge in [-0.15, -0.1) is 13.2 Å². The topological polar surface area (TPSA) is 61.8 Å². The number of ether oxygens (including phenoxy) is 1. The third-order valence-electron chi connectivity index (χ3n) is 3.06. The van der Waals surface area contributed by atoms with E-state index in [0.29, 0.717) is 5.56 Å². The summed E-state index contributed by atoms with van der Waals surface area (Å²) in [6, 6.07) is 5.14. The molecule has 1 aromatic rings. The zero-order chi connectivity index (χ0) is 16.8. The highest BCUT2D eigenvalue weighted by Gasteiger charge is 2.30. The van der Waals surface area contributed by atoms with Crippen LogP contribution in [0.4, 0.5) is 13.2 Å². The van der Waals surface area contributed by atoms with Crippen molar-refractivity contribution in [2.75, 3.05) is 20.2 Å². The molecule has 22 heavy (non-hydrogen) atoms. The summed E-state index contributed by atoms with van der Waals surface area (Å²) in [6.07, 6.45) is -4.72. The summed E-state index contributed by atoms with van der Waals surface area (Å²) in [5, 5.41) is 11.6. The lowest BCUT2D eigenvalue weighted by Crippen LogP contribution is -2.40. The van der Waals surface area contributed by atoms with Gasteiger partial charge in [0.25, 0.3) is 0 Å². The smallest absolute Gasteiger partial charge is 0.406 e. The fourth-order valence-corrected chi connectivity index (χ4v) is 1.59. The van der Waals surface area contributed by atoms with Gasteiger partial charge in [-0.1, -0.05) is 12.1 Å². The summed E-state index contributed by atoms with van der Waals surface area (Å²) in [7, 11) is 1.71. The molecule has 0 aromatic heterocycles. The van der Waals surface area contributed by atoms with Crippen molar-refractivity contribution in [3.63, 3.8) is 0 Å². The number of nitrogens with one attached hydrogen (secondary N) is 1. The number of likely N-dealkylation sites (N-methyl/N-ethyl adjacent to an activating group) is 1. The summed E-state index contributed by atoms with van der Waals surface area (Å²) in [4.78, 5) is 13.4. The number of hydrogen-bond acceptors (Lipinski definition) is 4. The number of benzene rings is 1. The van der Waals surface area contributed by atoms with Crippen molar-refractivity contribution >= 4 is 5.91 Å². The SMILES string of the molecule is CC(CO)N(C)CC(=O)NCc1ccc(OC(F)(F)F)cc1. The van der Waals surface area contributed by atoms with E-state index in [1.54, 1.807) is 18.9 Å². The molecule has 0 bridgehead atoms. The molecular weight excluding hydrogens is 301 g/mol. The largest absolute Gasteiger partial charge is 0.573 e. The molecule has 0 aliphatic carbocycles. The monoisotopic (exact) mass is 320 g/mol. The van der Waals surface area contributed by atoms with E-state index in [9.17, 15) is 18.0 Å². The van der Waals surface area contributed by atoms with Crippen LogP contribution < -0.4 is 10.1 Å². The fraction of sp³-hybridized carbons (Fsp3) is 0.500. The number of alkyl halides is 3. The Bertz CT molecular complexity index is 477. The van der Waals surface area contributed by atoms with Gasteiger partial charge in [-0.05, 0) is 31.7 Å². The number of carbonyl (C=O) groups is 1. The molecule has 0 radical (unpaired) electrons. The van der Waals surface area contributed by atoms with Crippen molar-refractivity contribution in [2.24, 2.45) is 0 Å². The molecule has 1 amide bonds. The van der Waals surface area contributed by atoms with Gasteiger partial charge in [0.15, 0.2) is 0 Å². The van der Waals surface area contributed by atoms with E-state index in [1.165, 1.54) is 24.3 Å². The highest BCUT2D eigenvalue weighted by Crippen LogP contribution is 2.22. The Kier molecular flexibility index (Phi) is 6.63. The van der Waals surface area contributed by atoms with Crippen LogP contribution >= 0.6 is 0 Å². The molecule has 0 spiro atoms. The highest BCUT2D eigenvalue weighted by molar-refractivity contribution is 5.78. The molecule has 0 heterocycles. The van der Waals surface area contributed by atoms with Crippen LogP contribution in [0.1, 0.15) is 12.5 Å². The number of aliphatic hydroxyl groups excluding tert-OH is 1. The number of rotatable bonds is 7. The number of amides is 1. The van der Waals surface area contributed by atoms with E-state index < -0.39 is 6.36 Å². The number of halogens is 3. The Morgan fingerprint density at radius 3 is 2.45 bits per heavy atom.